The number of aliphatic hydroxyl groups is 1. The molecule has 102 valence electrons. The van der Waals surface area contributed by atoms with E-state index in [2.05, 4.69) is 39.1 Å². The maximum Gasteiger partial charge on any atom is 0.184 e. The van der Waals surface area contributed by atoms with E-state index in [1.807, 2.05) is 30.4 Å². The highest BCUT2D eigenvalue weighted by atomic mass is 32.2. The van der Waals surface area contributed by atoms with Gasteiger partial charge in [0, 0.05) is 12.8 Å². The van der Waals surface area contributed by atoms with Gasteiger partial charge in [0.2, 0.25) is 0 Å². The first kappa shape index (κ1) is 15.9. The highest BCUT2D eigenvalue weighted by Crippen LogP contribution is 2.57. The van der Waals surface area contributed by atoms with E-state index in [0.717, 1.165) is 12.8 Å². The molecule has 0 radical (unpaired) electrons. The van der Waals surface area contributed by atoms with Crippen molar-refractivity contribution in [2.24, 2.45) is 0 Å². The monoisotopic (exact) mass is 294 g/mol. The summed E-state index contributed by atoms with van der Waals surface area (Å²) in [4.78, 5) is 0. The fourth-order valence-electron chi connectivity index (χ4n) is 2.67. The Kier molecular flexibility index (Phi) is 4.43. The van der Waals surface area contributed by atoms with E-state index >= 15 is 0 Å². The third-order valence-corrected chi connectivity index (χ3v) is 7.76. The van der Waals surface area contributed by atoms with Gasteiger partial charge in [-0.3, -0.25) is 0 Å². The molecule has 17 heavy (non-hydrogen) atoms. The van der Waals surface area contributed by atoms with Crippen LogP contribution in [0.2, 0.25) is 19.6 Å². The van der Waals surface area contributed by atoms with E-state index < -0.39 is 19.5 Å². The predicted molar refractivity (Wildman–Crippen MR) is 82.5 cm³/mol. The fraction of sp³-hybridized carbons (Fsp3) is 1.00. The maximum absolute atomic E-state index is 10.7. The van der Waals surface area contributed by atoms with Gasteiger partial charge in [-0.2, -0.15) is 0 Å². The Morgan fingerprint density at radius 3 is 1.82 bits per heavy atom. The lowest BCUT2D eigenvalue weighted by atomic mass is 9.90. The van der Waals surface area contributed by atoms with Crippen LogP contribution >= 0.6 is 23.5 Å². The molecule has 0 aromatic heterocycles. The molecule has 0 aliphatic heterocycles. The molecule has 1 fully saturated rings. The summed E-state index contributed by atoms with van der Waals surface area (Å²) in [5.74, 6) is 0. The van der Waals surface area contributed by atoms with Crippen molar-refractivity contribution >= 4 is 31.8 Å². The van der Waals surface area contributed by atoms with E-state index in [4.69, 9.17) is 4.43 Å². The molecule has 0 aromatic carbocycles. The van der Waals surface area contributed by atoms with Crippen LogP contribution in [-0.2, 0) is 4.43 Å². The Labute approximate surface area is 115 Å². The summed E-state index contributed by atoms with van der Waals surface area (Å²) < 4.78 is 6.42. The molecule has 0 unspecified atom stereocenters. The molecule has 1 N–H and O–H groups in total. The van der Waals surface area contributed by atoms with Crippen molar-refractivity contribution in [1.29, 1.82) is 0 Å². The molecule has 5 heteroatoms. The molecule has 1 aliphatic carbocycles. The van der Waals surface area contributed by atoms with Crippen LogP contribution in [0.15, 0.2) is 0 Å². The van der Waals surface area contributed by atoms with E-state index in [-0.39, 0.29) is 4.08 Å². The molecule has 1 rings (SSSR count). The minimum absolute atomic E-state index is 0.0951. The topological polar surface area (TPSA) is 29.5 Å². The molecule has 0 spiro atoms. The van der Waals surface area contributed by atoms with Gasteiger partial charge in [0.05, 0.1) is 15.3 Å². The van der Waals surface area contributed by atoms with Crippen LogP contribution in [0.25, 0.3) is 0 Å². The molecule has 0 aromatic rings. The van der Waals surface area contributed by atoms with Gasteiger partial charge >= 0.3 is 0 Å². The van der Waals surface area contributed by atoms with Gasteiger partial charge in [-0.05, 0) is 46.0 Å². The minimum Gasteiger partial charge on any atom is -0.409 e. The van der Waals surface area contributed by atoms with Gasteiger partial charge in [-0.15, -0.1) is 23.5 Å². The highest BCUT2D eigenvalue weighted by molar-refractivity contribution is 8.17. The molecule has 2 nitrogen and oxygen atoms in total. The van der Waals surface area contributed by atoms with Gasteiger partial charge < -0.3 is 9.53 Å². The second-order valence-electron chi connectivity index (χ2n) is 6.39. The maximum atomic E-state index is 10.7. The van der Waals surface area contributed by atoms with Crippen LogP contribution in [0.1, 0.15) is 26.7 Å². The van der Waals surface area contributed by atoms with E-state index in [9.17, 15) is 5.11 Å². The Hall–Kier alpha value is 0.837. The zero-order valence-corrected chi connectivity index (χ0v) is 14.7. The predicted octanol–water partition coefficient (Wildman–Crippen LogP) is 3.56. The molecule has 2 atom stereocenters. The van der Waals surface area contributed by atoms with Crippen molar-refractivity contribution in [3.63, 3.8) is 0 Å². The molecule has 1 aliphatic rings. The molecular formula is C12H26O2S2Si. The summed E-state index contributed by atoms with van der Waals surface area (Å²) in [6, 6.07) is 0. The van der Waals surface area contributed by atoms with Gasteiger partial charge in [0.25, 0.3) is 0 Å². The summed E-state index contributed by atoms with van der Waals surface area (Å²) in [5.41, 5.74) is -1.15. The third-order valence-electron chi connectivity index (χ3n) is 3.63. The second kappa shape index (κ2) is 4.74. The minimum atomic E-state index is -1.65. The Morgan fingerprint density at radius 2 is 1.53 bits per heavy atom. The van der Waals surface area contributed by atoms with Crippen molar-refractivity contribution in [2.45, 2.75) is 61.6 Å². The summed E-state index contributed by atoms with van der Waals surface area (Å²) in [6.07, 6.45) is 5.97. The molecule has 0 bridgehead atoms. The number of hydrogen-bond acceptors (Lipinski definition) is 4. The zero-order chi connectivity index (χ0) is 13.5. The third kappa shape index (κ3) is 3.24. The van der Waals surface area contributed by atoms with Crippen molar-refractivity contribution in [3.05, 3.63) is 0 Å². The van der Waals surface area contributed by atoms with Gasteiger partial charge in [-0.1, -0.05) is 0 Å². The van der Waals surface area contributed by atoms with Crippen molar-refractivity contribution in [2.75, 3.05) is 12.5 Å². The van der Waals surface area contributed by atoms with Gasteiger partial charge in [-0.25, -0.2) is 0 Å². The van der Waals surface area contributed by atoms with E-state index in [1.165, 1.54) is 0 Å². The average molecular weight is 295 g/mol. The second-order valence-corrected chi connectivity index (χ2v) is 13.5. The van der Waals surface area contributed by atoms with Gasteiger partial charge in [0.1, 0.15) is 0 Å². The van der Waals surface area contributed by atoms with Crippen LogP contribution in [0.5, 0.6) is 0 Å². The Bertz CT molecular complexity index is 285. The van der Waals surface area contributed by atoms with Crippen molar-refractivity contribution < 1.29 is 9.53 Å². The van der Waals surface area contributed by atoms with E-state index in [1.54, 1.807) is 0 Å². The first-order valence-electron chi connectivity index (χ1n) is 6.02. The van der Waals surface area contributed by atoms with Crippen molar-refractivity contribution in [3.8, 4) is 0 Å². The zero-order valence-electron chi connectivity index (χ0n) is 12.1. The lowest BCUT2D eigenvalue weighted by Crippen LogP contribution is -2.52. The van der Waals surface area contributed by atoms with Crippen LogP contribution in [0, 0.1) is 0 Å². The smallest absolute Gasteiger partial charge is 0.184 e. The number of hydrogen-bond donors (Lipinski definition) is 1. The van der Waals surface area contributed by atoms with Crippen molar-refractivity contribution in [1.82, 2.24) is 0 Å². The average Bonchev–Trinajstić information content (AvgIpc) is 2.32. The first-order valence-corrected chi connectivity index (χ1v) is 11.9. The number of thioether (sulfide) groups is 2. The van der Waals surface area contributed by atoms with Crippen LogP contribution in [0.3, 0.4) is 0 Å². The summed E-state index contributed by atoms with van der Waals surface area (Å²) in [5, 5.41) is 10.7. The summed E-state index contributed by atoms with van der Waals surface area (Å²) in [7, 11) is -1.65. The summed E-state index contributed by atoms with van der Waals surface area (Å²) in [6.45, 7) is 10.6. The van der Waals surface area contributed by atoms with Crippen LogP contribution in [0.4, 0.5) is 0 Å². The quantitative estimate of drug-likeness (QED) is 0.634. The lowest BCUT2D eigenvalue weighted by molar-refractivity contribution is -0.0955. The van der Waals surface area contributed by atoms with Crippen LogP contribution in [-0.4, -0.2) is 41.2 Å². The Morgan fingerprint density at radius 1 is 1.06 bits per heavy atom. The Balaban J connectivity index is 3.01. The highest BCUT2D eigenvalue weighted by Gasteiger charge is 2.60. The SMILES string of the molecule is CSC1(SC)C[C@](C)(O)[C@@](C)(O[Si](C)(C)C)C1. The van der Waals surface area contributed by atoms with Gasteiger partial charge in [0.15, 0.2) is 8.32 Å². The molecule has 0 heterocycles. The van der Waals surface area contributed by atoms with E-state index in [0.29, 0.717) is 0 Å². The summed E-state index contributed by atoms with van der Waals surface area (Å²) >= 11 is 3.70. The molecule has 1 saturated carbocycles. The number of rotatable bonds is 4. The molecular weight excluding hydrogens is 268 g/mol. The molecule has 0 amide bonds. The molecule has 0 saturated heterocycles. The standard InChI is InChI=1S/C12H26O2S2Si/c1-10(13)8-12(15-3,16-4)9-11(10,2)14-17(5,6)7/h13H,8-9H2,1-7H3/t10-,11-/m0/s1. The largest absolute Gasteiger partial charge is 0.409 e. The lowest BCUT2D eigenvalue weighted by Gasteiger charge is -2.41. The normalized spacial score (nSPS) is 37.4. The first-order chi connectivity index (χ1) is 7.49. The van der Waals surface area contributed by atoms with Crippen LogP contribution < -0.4 is 0 Å². The fourth-order valence-corrected chi connectivity index (χ4v) is 6.67.